The molecule has 0 unspecified atom stereocenters. The van der Waals surface area contributed by atoms with Gasteiger partial charge in [-0.3, -0.25) is 0 Å². The molecule has 0 saturated carbocycles. The molecule has 2 nitrogen and oxygen atoms in total. The predicted octanol–water partition coefficient (Wildman–Crippen LogP) is 3.92. The van der Waals surface area contributed by atoms with E-state index < -0.39 is 0 Å². The Balaban J connectivity index is 1.48. The number of hydrogen-bond donors (Lipinski definition) is 0. The van der Waals surface area contributed by atoms with E-state index in [0.29, 0.717) is 59.8 Å². The topological polar surface area (TPSA) is 18.5 Å². The van der Waals surface area contributed by atoms with E-state index in [9.17, 15) is 0 Å². The number of benzene rings is 2. The number of ether oxygens (including phenoxy) is 2. The van der Waals surface area contributed by atoms with Crippen molar-refractivity contribution in [2.45, 2.75) is 42.6 Å². The van der Waals surface area contributed by atoms with Crippen molar-refractivity contribution < 1.29 is 9.47 Å². The fourth-order valence-electron chi connectivity index (χ4n) is 3.08. The molecule has 0 radical (unpaired) electrons. The van der Waals surface area contributed by atoms with Crippen LogP contribution in [0.15, 0.2) is 48.5 Å². The Morgan fingerprint density at radius 1 is 0.433 bits per heavy atom. The molecule has 2 aromatic rings. The Morgan fingerprint density at radius 2 is 0.700 bits per heavy atom. The molecule has 164 valence electrons. The van der Waals surface area contributed by atoms with Gasteiger partial charge in [-0.2, -0.15) is 0 Å². The van der Waals surface area contributed by atoms with Crippen LogP contribution in [0.2, 0.25) is 21.3 Å². The third-order valence-electron chi connectivity index (χ3n) is 4.76. The predicted molar refractivity (Wildman–Crippen MR) is 132 cm³/mol. The molecule has 0 saturated heterocycles. The first kappa shape index (κ1) is 25.1. The number of fused-ring (bicyclic) bond motifs is 2. The van der Waals surface area contributed by atoms with E-state index in [1.165, 1.54) is 42.6 Å². The Bertz CT molecular complexity index is 606. The van der Waals surface area contributed by atoms with E-state index >= 15 is 0 Å². The molecular formula is C24H32O2Se4. The summed E-state index contributed by atoms with van der Waals surface area (Å²) in [4.78, 5) is 0. The third kappa shape index (κ3) is 9.93. The van der Waals surface area contributed by atoms with Crippen LogP contribution in [-0.2, 0) is 30.8 Å². The summed E-state index contributed by atoms with van der Waals surface area (Å²) in [6.45, 7) is 3.77. The van der Waals surface area contributed by atoms with Gasteiger partial charge in [0, 0.05) is 0 Å². The van der Waals surface area contributed by atoms with Gasteiger partial charge in [0.15, 0.2) is 0 Å². The fourth-order valence-corrected chi connectivity index (χ4v) is 10.5. The summed E-state index contributed by atoms with van der Waals surface area (Å²) in [6.07, 6.45) is 0. The summed E-state index contributed by atoms with van der Waals surface area (Å²) in [6, 6.07) is 18.2. The van der Waals surface area contributed by atoms with Crippen molar-refractivity contribution in [2.75, 3.05) is 26.4 Å². The van der Waals surface area contributed by atoms with Gasteiger partial charge in [0.05, 0.1) is 0 Å². The van der Waals surface area contributed by atoms with E-state index in [1.54, 1.807) is 22.3 Å². The molecule has 1 aliphatic heterocycles. The fraction of sp³-hybridized carbons (Fsp3) is 0.500. The molecule has 30 heavy (non-hydrogen) atoms. The summed E-state index contributed by atoms with van der Waals surface area (Å²) >= 11 is 2.59. The second-order valence-electron chi connectivity index (χ2n) is 6.97. The van der Waals surface area contributed by atoms with Crippen LogP contribution in [0.5, 0.6) is 0 Å². The van der Waals surface area contributed by atoms with Crippen molar-refractivity contribution in [1.82, 2.24) is 0 Å². The molecule has 6 heteroatoms. The van der Waals surface area contributed by atoms with Crippen LogP contribution in [0, 0.1) is 0 Å². The second-order valence-corrected chi connectivity index (χ2v) is 16.2. The van der Waals surface area contributed by atoms with Gasteiger partial charge in [-0.15, -0.1) is 0 Å². The van der Waals surface area contributed by atoms with Crippen molar-refractivity contribution in [3.63, 3.8) is 0 Å². The first-order chi connectivity index (χ1) is 14.9. The van der Waals surface area contributed by atoms with Crippen LogP contribution < -0.4 is 0 Å². The maximum atomic E-state index is 5.95. The van der Waals surface area contributed by atoms with Gasteiger partial charge in [0.25, 0.3) is 0 Å². The molecule has 0 aliphatic carbocycles. The molecule has 0 atom stereocenters. The molecular weight excluding hydrogens is 636 g/mol. The molecule has 0 spiro atoms. The van der Waals surface area contributed by atoms with Gasteiger partial charge < -0.3 is 0 Å². The number of hydrogen-bond acceptors (Lipinski definition) is 2. The van der Waals surface area contributed by atoms with Crippen LogP contribution in [0.25, 0.3) is 0 Å². The van der Waals surface area contributed by atoms with Gasteiger partial charge in [0.1, 0.15) is 0 Å². The minimum absolute atomic E-state index is 0.648. The first-order valence-electron chi connectivity index (χ1n) is 10.5. The summed E-state index contributed by atoms with van der Waals surface area (Å²) < 4.78 is 11.9. The second kappa shape index (κ2) is 16.1. The molecule has 0 fully saturated rings. The van der Waals surface area contributed by atoms with Gasteiger partial charge in [0.2, 0.25) is 0 Å². The molecule has 0 bridgehead atoms. The van der Waals surface area contributed by atoms with E-state index in [-0.39, 0.29) is 0 Å². The van der Waals surface area contributed by atoms with Crippen LogP contribution in [0.1, 0.15) is 22.3 Å². The molecule has 1 heterocycles. The Morgan fingerprint density at radius 3 is 0.967 bits per heavy atom. The average Bonchev–Trinajstić information content (AvgIpc) is 2.78. The Labute approximate surface area is 207 Å². The van der Waals surface area contributed by atoms with Crippen molar-refractivity contribution >= 4 is 59.8 Å². The molecule has 0 aromatic heterocycles. The molecule has 2 aromatic carbocycles. The summed E-state index contributed by atoms with van der Waals surface area (Å²) in [5.41, 5.74) is 6.30. The Kier molecular flexibility index (Phi) is 13.5. The van der Waals surface area contributed by atoms with Gasteiger partial charge in [-0.05, 0) is 0 Å². The molecule has 0 amide bonds. The van der Waals surface area contributed by atoms with Crippen LogP contribution in [0.4, 0.5) is 0 Å². The zero-order valence-electron chi connectivity index (χ0n) is 17.6. The van der Waals surface area contributed by atoms with Gasteiger partial charge >= 0.3 is 209 Å². The van der Waals surface area contributed by atoms with Crippen LogP contribution in [-0.4, -0.2) is 86.3 Å². The summed E-state index contributed by atoms with van der Waals surface area (Å²) in [7, 11) is 0. The number of rotatable bonds is 0. The minimum atomic E-state index is 0.648. The van der Waals surface area contributed by atoms with Crippen molar-refractivity contribution in [3.05, 3.63) is 70.8 Å². The standard InChI is InChI=1S/C24H32O2Se4/c1-2-6-22-18-28-14-10-26-12-16-30-20-24-8-4-3-7-23(24)19-29-15-11-25-9-13-27-17-21(22)5-1/h1-8H,9-20H2. The van der Waals surface area contributed by atoms with Crippen molar-refractivity contribution in [2.24, 2.45) is 0 Å². The zero-order valence-corrected chi connectivity index (χ0v) is 24.4. The van der Waals surface area contributed by atoms with Crippen LogP contribution in [0.3, 0.4) is 0 Å². The van der Waals surface area contributed by atoms with Gasteiger partial charge in [-0.1, -0.05) is 0 Å². The van der Waals surface area contributed by atoms with Crippen molar-refractivity contribution in [1.29, 1.82) is 0 Å². The van der Waals surface area contributed by atoms with Crippen molar-refractivity contribution in [3.8, 4) is 0 Å². The van der Waals surface area contributed by atoms with E-state index in [4.69, 9.17) is 9.47 Å². The third-order valence-corrected chi connectivity index (χ3v) is 12.9. The monoisotopic (exact) mass is 672 g/mol. The summed E-state index contributed by atoms with van der Waals surface area (Å²) in [5, 5.41) is 9.95. The average molecular weight is 668 g/mol. The van der Waals surface area contributed by atoms with E-state index in [0.717, 1.165) is 26.4 Å². The van der Waals surface area contributed by atoms with E-state index in [1.807, 2.05) is 0 Å². The molecule has 0 N–H and O–H groups in total. The normalized spacial score (nSPS) is 18.9. The first-order valence-corrected chi connectivity index (χ1v) is 20.2. The quantitative estimate of drug-likeness (QED) is 0.397. The molecule has 3 rings (SSSR count). The summed E-state index contributed by atoms with van der Waals surface area (Å²) in [5.74, 6) is 0. The zero-order chi connectivity index (χ0) is 20.7. The van der Waals surface area contributed by atoms with Crippen LogP contribution >= 0.6 is 0 Å². The molecule has 1 aliphatic rings. The maximum absolute atomic E-state index is 5.95. The Hall–Kier alpha value is 0.438. The van der Waals surface area contributed by atoms with E-state index in [2.05, 4.69) is 48.5 Å². The van der Waals surface area contributed by atoms with Gasteiger partial charge in [-0.25, -0.2) is 0 Å². The SMILES string of the molecule is c1ccc2c(c1)C[Se]CCOCC[Se]Cc1ccccc1C[Se]CCOCC[Se]C2.